The molecule has 0 N–H and O–H groups in total. The van der Waals surface area contributed by atoms with Crippen LogP contribution in [0.4, 0.5) is 4.39 Å². The Morgan fingerprint density at radius 2 is 2.06 bits per heavy atom. The zero-order chi connectivity index (χ0) is 12.1. The summed E-state index contributed by atoms with van der Waals surface area (Å²) < 4.78 is 13.2. The van der Waals surface area contributed by atoms with Crippen LogP contribution >= 0.6 is 11.6 Å². The summed E-state index contributed by atoms with van der Waals surface area (Å²) in [4.78, 5) is 2.36. The van der Waals surface area contributed by atoms with E-state index in [1.807, 2.05) is 0 Å². The molecule has 3 heteroatoms. The lowest BCUT2D eigenvalue weighted by atomic mass is 9.83. The Hall–Kier alpha value is -0.0800. The molecule has 1 nitrogen and oxygen atoms in total. The van der Waals surface area contributed by atoms with E-state index in [9.17, 15) is 4.39 Å². The molecule has 2 atom stereocenters. The largest absolute Gasteiger partial charge is 0.306 e. The van der Waals surface area contributed by atoms with E-state index in [-0.39, 0.29) is 5.83 Å². The second-order valence-electron chi connectivity index (χ2n) is 4.99. The molecule has 0 aliphatic carbocycles. The standard InChI is InChI=1S/C13H23ClFN/c1-4-13(15)12(14)9-10(2)11-5-7-16(3)8-6-11/h4,10-12H,5-9H2,1-3H3/b13-4+. The van der Waals surface area contributed by atoms with Crippen LogP contribution in [0.5, 0.6) is 0 Å². The summed E-state index contributed by atoms with van der Waals surface area (Å²) in [6.45, 7) is 6.22. The minimum Gasteiger partial charge on any atom is -0.306 e. The van der Waals surface area contributed by atoms with Gasteiger partial charge in [-0.15, -0.1) is 11.6 Å². The van der Waals surface area contributed by atoms with Gasteiger partial charge < -0.3 is 4.90 Å². The maximum atomic E-state index is 13.2. The fourth-order valence-electron chi connectivity index (χ4n) is 2.41. The van der Waals surface area contributed by atoms with E-state index < -0.39 is 5.38 Å². The maximum absolute atomic E-state index is 13.2. The van der Waals surface area contributed by atoms with Crippen LogP contribution in [-0.4, -0.2) is 30.4 Å². The molecule has 1 saturated heterocycles. The molecule has 0 aromatic heterocycles. The molecule has 0 aromatic carbocycles. The summed E-state index contributed by atoms with van der Waals surface area (Å²) in [6.07, 6.45) is 4.67. The zero-order valence-electron chi connectivity index (χ0n) is 10.5. The normalized spacial score (nSPS) is 24.4. The van der Waals surface area contributed by atoms with Crippen molar-refractivity contribution >= 4 is 11.6 Å². The molecule has 94 valence electrons. The highest BCUT2D eigenvalue weighted by Gasteiger charge is 2.25. The molecule has 0 amide bonds. The minimum absolute atomic E-state index is 0.179. The van der Waals surface area contributed by atoms with Crippen LogP contribution in [0, 0.1) is 11.8 Å². The molecule has 0 saturated carbocycles. The van der Waals surface area contributed by atoms with Crippen LogP contribution in [0.2, 0.25) is 0 Å². The van der Waals surface area contributed by atoms with Gasteiger partial charge in [0, 0.05) is 0 Å². The molecular weight excluding hydrogens is 225 g/mol. The molecule has 0 bridgehead atoms. The summed E-state index contributed by atoms with van der Waals surface area (Å²) in [5.74, 6) is 1.05. The first kappa shape index (κ1) is 14.0. The Morgan fingerprint density at radius 1 is 1.50 bits per heavy atom. The fourth-order valence-corrected chi connectivity index (χ4v) is 2.82. The number of hydrogen-bond acceptors (Lipinski definition) is 1. The number of allylic oxidation sites excluding steroid dienone is 2. The van der Waals surface area contributed by atoms with Crippen molar-refractivity contribution < 1.29 is 4.39 Å². The predicted molar refractivity (Wildman–Crippen MR) is 68.5 cm³/mol. The predicted octanol–water partition coefficient (Wildman–Crippen LogP) is 3.84. The lowest BCUT2D eigenvalue weighted by Crippen LogP contribution is -2.33. The molecule has 2 unspecified atom stereocenters. The van der Waals surface area contributed by atoms with Gasteiger partial charge in [0.15, 0.2) is 0 Å². The Kier molecular flexibility index (Phi) is 5.77. The molecule has 1 fully saturated rings. The zero-order valence-corrected chi connectivity index (χ0v) is 11.3. The minimum atomic E-state index is -0.431. The van der Waals surface area contributed by atoms with Gasteiger partial charge in [-0.3, -0.25) is 0 Å². The number of nitrogens with zero attached hydrogens (tertiary/aromatic N) is 1. The van der Waals surface area contributed by atoms with E-state index in [1.165, 1.54) is 18.9 Å². The first-order chi connectivity index (χ1) is 7.54. The molecule has 1 heterocycles. The average Bonchev–Trinajstić information content (AvgIpc) is 2.28. The Bertz CT molecular complexity index is 234. The maximum Gasteiger partial charge on any atom is 0.114 e. The summed E-state index contributed by atoms with van der Waals surface area (Å²) in [5.41, 5.74) is 0. The number of alkyl halides is 1. The third kappa shape index (κ3) is 4.06. The van der Waals surface area contributed by atoms with Gasteiger partial charge in [0.05, 0.1) is 5.38 Å². The molecule has 1 aliphatic rings. The third-order valence-electron chi connectivity index (χ3n) is 3.72. The van der Waals surface area contributed by atoms with Gasteiger partial charge in [0.25, 0.3) is 0 Å². The van der Waals surface area contributed by atoms with Crippen molar-refractivity contribution in [1.29, 1.82) is 0 Å². The van der Waals surface area contributed by atoms with E-state index in [2.05, 4.69) is 18.9 Å². The molecule has 0 spiro atoms. The van der Waals surface area contributed by atoms with Crippen LogP contribution in [0.15, 0.2) is 11.9 Å². The molecule has 1 rings (SSSR count). The van der Waals surface area contributed by atoms with Crippen molar-refractivity contribution in [3.63, 3.8) is 0 Å². The van der Waals surface area contributed by atoms with Crippen LogP contribution in [0.25, 0.3) is 0 Å². The van der Waals surface area contributed by atoms with Crippen molar-refractivity contribution in [2.75, 3.05) is 20.1 Å². The van der Waals surface area contributed by atoms with Gasteiger partial charge in [-0.25, -0.2) is 4.39 Å². The highest BCUT2D eigenvalue weighted by Crippen LogP contribution is 2.30. The highest BCUT2D eigenvalue weighted by molar-refractivity contribution is 6.22. The van der Waals surface area contributed by atoms with Crippen LogP contribution in [0.1, 0.15) is 33.1 Å². The molecule has 1 aliphatic heterocycles. The average molecular weight is 248 g/mol. The van der Waals surface area contributed by atoms with E-state index in [1.54, 1.807) is 6.92 Å². The number of rotatable bonds is 4. The Morgan fingerprint density at radius 3 is 2.56 bits per heavy atom. The van der Waals surface area contributed by atoms with E-state index in [0.717, 1.165) is 19.5 Å². The number of likely N-dealkylation sites (tertiary alicyclic amines) is 1. The molecule has 0 aromatic rings. The van der Waals surface area contributed by atoms with E-state index in [0.29, 0.717) is 11.8 Å². The fraction of sp³-hybridized carbons (Fsp3) is 0.846. The molecular formula is C13H23ClFN. The highest BCUT2D eigenvalue weighted by atomic mass is 35.5. The van der Waals surface area contributed by atoms with E-state index >= 15 is 0 Å². The summed E-state index contributed by atoms with van der Waals surface area (Å²) in [7, 11) is 2.16. The van der Waals surface area contributed by atoms with Crippen LogP contribution < -0.4 is 0 Å². The van der Waals surface area contributed by atoms with Crippen LogP contribution in [-0.2, 0) is 0 Å². The first-order valence-electron chi connectivity index (χ1n) is 6.19. The van der Waals surface area contributed by atoms with Gasteiger partial charge >= 0.3 is 0 Å². The Balaban J connectivity index is 2.37. The smallest absolute Gasteiger partial charge is 0.114 e. The SMILES string of the molecule is C/C=C(/F)C(Cl)CC(C)C1CCN(C)CC1. The summed E-state index contributed by atoms with van der Waals surface area (Å²) in [5, 5.41) is -0.431. The topological polar surface area (TPSA) is 3.24 Å². The quantitative estimate of drug-likeness (QED) is 0.683. The number of halogens is 2. The number of piperidine rings is 1. The summed E-state index contributed by atoms with van der Waals surface area (Å²) >= 11 is 6.02. The van der Waals surface area contributed by atoms with Crippen molar-refractivity contribution in [3.8, 4) is 0 Å². The second kappa shape index (κ2) is 6.61. The van der Waals surface area contributed by atoms with Gasteiger partial charge in [0.1, 0.15) is 5.83 Å². The second-order valence-corrected chi connectivity index (χ2v) is 5.52. The van der Waals surface area contributed by atoms with Crippen LogP contribution in [0.3, 0.4) is 0 Å². The van der Waals surface area contributed by atoms with Gasteiger partial charge in [-0.05, 0) is 58.2 Å². The van der Waals surface area contributed by atoms with Gasteiger partial charge in [-0.1, -0.05) is 13.0 Å². The van der Waals surface area contributed by atoms with Gasteiger partial charge in [-0.2, -0.15) is 0 Å². The number of hydrogen-bond donors (Lipinski definition) is 0. The first-order valence-corrected chi connectivity index (χ1v) is 6.62. The van der Waals surface area contributed by atoms with Crippen molar-refractivity contribution in [2.24, 2.45) is 11.8 Å². The summed E-state index contributed by atoms with van der Waals surface area (Å²) in [6, 6.07) is 0. The third-order valence-corrected chi connectivity index (χ3v) is 4.11. The lowest BCUT2D eigenvalue weighted by molar-refractivity contribution is 0.172. The van der Waals surface area contributed by atoms with Crippen molar-refractivity contribution in [2.45, 2.75) is 38.5 Å². The Labute approximate surface area is 104 Å². The monoisotopic (exact) mass is 247 g/mol. The molecule has 16 heavy (non-hydrogen) atoms. The van der Waals surface area contributed by atoms with Gasteiger partial charge in [0.2, 0.25) is 0 Å². The van der Waals surface area contributed by atoms with Crippen molar-refractivity contribution in [1.82, 2.24) is 4.90 Å². The molecule has 0 radical (unpaired) electrons. The lowest BCUT2D eigenvalue weighted by Gasteiger charge is -2.33. The van der Waals surface area contributed by atoms with E-state index in [4.69, 9.17) is 11.6 Å². The van der Waals surface area contributed by atoms with Crippen molar-refractivity contribution in [3.05, 3.63) is 11.9 Å².